The summed E-state index contributed by atoms with van der Waals surface area (Å²) in [6.07, 6.45) is 3.66. The number of fused-ring (bicyclic) bond motifs is 1. The molecule has 1 aliphatic rings. The summed E-state index contributed by atoms with van der Waals surface area (Å²) in [6, 6.07) is 0. The van der Waals surface area contributed by atoms with Crippen molar-refractivity contribution in [2.45, 2.75) is 39.7 Å². The fourth-order valence-corrected chi connectivity index (χ4v) is 1.84. The Labute approximate surface area is 72.8 Å². The molecule has 12 heavy (non-hydrogen) atoms. The van der Waals surface area contributed by atoms with Crippen LogP contribution < -0.4 is 0 Å². The standard InChI is InChI=1S/C9H15N3/c1-3-8-4-5-12-9(6-8)10-7(2)11-12/h8H,3-6H2,1-2H3. The van der Waals surface area contributed by atoms with Crippen LogP contribution in [0.3, 0.4) is 0 Å². The third-order valence-electron chi connectivity index (χ3n) is 2.65. The van der Waals surface area contributed by atoms with E-state index < -0.39 is 0 Å². The highest BCUT2D eigenvalue weighted by Crippen LogP contribution is 2.20. The minimum atomic E-state index is 0.834. The van der Waals surface area contributed by atoms with Crippen molar-refractivity contribution in [2.24, 2.45) is 5.92 Å². The molecule has 0 bridgehead atoms. The molecule has 66 valence electrons. The molecular formula is C9H15N3. The number of aromatic nitrogens is 3. The first-order chi connectivity index (χ1) is 5.79. The van der Waals surface area contributed by atoms with Crippen LogP contribution >= 0.6 is 0 Å². The van der Waals surface area contributed by atoms with Gasteiger partial charge in [0.1, 0.15) is 11.6 Å². The first-order valence-electron chi connectivity index (χ1n) is 4.70. The monoisotopic (exact) mass is 165 g/mol. The van der Waals surface area contributed by atoms with Gasteiger partial charge in [-0.3, -0.25) is 0 Å². The van der Waals surface area contributed by atoms with Crippen LogP contribution in [0, 0.1) is 12.8 Å². The second-order valence-electron chi connectivity index (χ2n) is 3.57. The van der Waals surface area contributed by atoms with Gasteiger partial charge in [0, 0.05) is 13.0 Å². The van der Waals surface area contributed by atoms with Crippen molar-refractivity contribution in [1.82, 2.24) is 14.8 Å². The lowest BCUT2D eigenvalue weighted by Crippen LogP contribution is -2.19. The van der Waals surface area contributed by atoms with Gasteiger partial charge in [0.25, 0.3) is 0 Å². The summed E-state index contributed by atoms with van der Waals surface area (Å²) in [6.45, 7) is 5.28. The van der Waals surface area contributed by atoms with Gasteiger partial charge in [-0.2, -0.15) is 5.10 Å². The third-order valence-corrected chi connectivity index (χ3v) is 2.65. The van der Waals surface area contributed by atoms with Gasteiger partial charge in [-0.1, -0.05) is 13.3 Å². The lowest BCUT2D eigenvalue weighted by Gasteiger charge is -2.20. The zero-order chi connectivity index (χ0) is 8.55. The summed E-state index contributed by atoms with van der Waals surface area (Å²) in [5, 5.41) is 4.33. The topological polar surface area (TPSA) is 30.7 Å². The molecule has 3 heteroatoms. The summed E-state index contributed by atoms with van der Waals surface area (Å²) in [7, 11) is 0. The van der Waals surface area contributed by atoms with Crippen LogP contribution in [0.2, 0.25) is 0 Å². The molecule has 0 fully saturated rings. The van der Waals surface area contributed by atoms with E-state index in [1.165, 1.54) is 18.7 Å². The molecule has 2 rings (SSSR count). The summed E-state index contributed by atoms with van der Waals surface area (Å²) in [5.41, 5.74) is 0. The number of hydrogen-bond donors (Lipinski definition) is 0. The maximum Gasteiger partial charge on any atom is 0.147 e. The summed E-state index contributed by atoms with van der Waals surface area (Å²) >= 11 is 0. The minimum absolute atomic E-state index is 0.834. The van der Waals surface area contributed by atoms with Crippen molar-refractivity contribution in [3.63, 3.8) is 0 Å². The van der Waals surface area contributed by atoms with Crippen molar-refractivity contribution in [2.75, 3.05) is 0 Å². The van der Waals surface area contributed by atoms with Crippen LogP contribution in [0.15, 0.2) is 0 Å². The number of nitrogens with zero attached hydrogens (tertiary/aromatic N) is 3. The van der Waals surface area contributed by atoms with Crippen LogP contribution in [-0.4, -0.2) is 14.8 Å². The van der Waals surface area contributed by atoms with Crippen molar-refractivity contribution in [3.8, 4) is 0 Å². The highest BCUT2D eigenvalue weighted by atomic mass is 15.3. The van der Waals surface area contributed by atoms with E-state index in [1.54, 1.807) is 0 Å². The van der Waals surface area contributed by atoms with Crippen LogP contribution in [0.1, 0.15) is 31.4 Å². The van der Waals surface area contributed by atoms with Gasteiger partial charge in [0.15, 0.2) is 0 Å². The smallest absolute Gasteiger partial charge is 0.147 e. The summed E-state index contributed by atoms with van der Waals surface area (Å²) < 4.78 is 2.06. The Balaban J connectivity index is 2.22. The molecular weight excluding hydrogens is 150 g/mol. The van der Waals surface area contributed by atoms with Gasteiger partial charge in [-0.15, -0.1) is 0 Å². The number of rotatable bonds is 1. The minimum Gasteiger partial charge on any atom is -0.250 e. The highest BCUT2D eigenvalue weighted by molar-refractivity contribution is 4.95. The van der Waals surface area contributed by atoms with Crippen LogP contribution in [-0.2, 0) is 13.0 Å². The molecule has 1 unspecified atom stereocenters. The zero-order valence-electron chi connectivity index (χ0n) is 7.75. The van der Waals surface area contributed by atoms with Crippen molar-refractivity contribution >= 4 is 0 Å². The van der Waals surface area contributed by atoms with Crippen LogP contribution in [0.4, 0.5) is 0 Å². The molecule has 1 aromatic heterocycles. The Kier molecular flexibility index (Phi) is 1.87. The van der Waals surface area contributed by atoms with Gasteiger partial charge >= 0.3 is 0 Å². The Morgan fingerprint density at radius 2 is 2.42 bits per heavy atom. The van der Waals surface area contributed by atoms with Gasteiger partial charge < -0.3 is 0 Å². The van der Waals surface area contributed by atoms with E-state index in [0.717, 1.165) is 24.7 Å². The second-order valence-corrected chi connectivity index (χ2v) is 3.57. The van der Waals surface area contributed by atoms with Crippen LogP contribution in [0.25, 0.3) is 0 Å². The second kappa shape index (κ2) is 2.88. The molecule has 1 aromatic rings. The number of hydrogen-bond acceptors (Lipinski definition) is 2. The molecule has 0 aromatic carbocycles. The zero-order valence-corrected chi connectivity index (χ0v) is 7.75. The molecule has 0 N–H and O–H groups in total. The van der Waals surface area contributed by atoms with E-state index in [1.807, 2.05) is 6.92 Å². The highest BCUT2D eigenvalue weighted by Gasteiger charge is 2.19. The predicted octanol–water partition coefficient (Wildman–Crippen LogP) is 1.56. The van der Waals surface area contributed by atoms with Gasteiger partial charge in [-0.25, -0.2) is 9.67 Å². The van der Waals surface area contributed by atoms with E-state index in [9.17, 15) is 0 Å². The van der Waals surface area contributed by atoms with E-state index in [0.29, 0.717) is 0 Å². The SMILES string of the molecule is CCC1CCn2nc(C)nc2C1. The van der Waals surface area contributed by atoms with Gasteiger partial charge in [0.2, 0.25) is 0 Å². The molecule has 0 aliphatic carbocycles. The molecule has 0 radical (unpaired) electrons. The maximum absolute atomic E-state index is 4.40. The fourth-order valence-electron chi connectivity index (χ4n) is 1.84. The largest absolute Gasteiger partial charge is 0.250 e. The molecule has 0 spiro atoms. The summed E-state index contributed by atoms with van der Waals surface area (Å²) in [5.74, 6) is 2.94. The lowest BCUT2D eigenvalue weighted by molar-refractivity contribution is 0.354. The average Bonchev–Trinajstić information content (AvgIpc) is 2.43. The van der Waals surface area contributed by atoms with E-state index in [4.69, 9.17) is 0 Å². The molecule has 1 atom stereocenters. The molecule has 1 aliphatic heterocycles. The lowest BCUT2D eigenvalue weighted by atomic mass is 9.96. The van der Waals surface area contributed by atoms with Crippen LogP contribution in [0.5, 0.6) is 0 Å². The normalized spacial score (nSPS) is 22.3. The fraction of sp³-hybridized carbons (Fsp3) is 0.778. The number of aryl methyl sites for hydroxylation is 2. The third kappa shape index (κ3) is 1.24. The van der Waals surface area contributed by atoms with E-state index >= 15 is 0 Å². The van der Waals surface area contributed by atoms with E-state index in [2.05, 4.69) is 21.7 Å². The molecule has 0 saturated carbocycles. The Bertz CT molecular complexity index is 277. The Morgan fingerprint density at radius 3 is 3.17 bits per heavy atom. The van der Waals surface area contributed by atoms with Crippen molar-refractivity contribution in [1.29, 1.82) is 0 Å². The molecule has 0 amide bonds. The quantitative estimate of drug-likeness (QED) is 0.632. The first kappa shape index (κ1) is 7.77. The Morgan fingerprint density at radius 1 is 1.58 bits per heavy atom. The maximum atomic E-state index is 4.40. The van der Waals surface area contributed by atoms with E-state index in [-0.39, 0.29) is 0 Å². The molecule has 3 nitrogen and oxygen atoms in total. The average molecular weight is 165 g/mol. The van der Waals surface area contributed by atoms with Gasteiger partial charge in [-0.05, 0) is 19.3 Å². The predicted molar refractivity (Wildman–Crippen MR) is 46.9 cm³/mol. The van der Waals surface area contributed by atoms with Crippen molar-refractivity contribution < 1.29 is 0 Å². The Hall–Kier alpha value is -0.860. The molecule has 0 saturated heterocycles. The van der Waals surface area contributed by atoms with Crippen molar-refractivity contribution in [3.05, 3.63) is 11.6 Å². The summed E-state index contributed by atoms with van der Waals surface area (Å²) in [4.78, 5) is 4.40. The first-order valence-corrected chi connectivity index (χ1v) is 4.70. The van der Waals surface area contributed by atoms with Gasteiger partial charge in [0.05, 0.1) is 0 Å². The molecule has 2 heterocycles.